The minimum absolute atomic E-state index is 0.0916. The van der Waals surface area contributed by atoms with Gasteiger partial charge in [-0.3, -0.25) is 4.79 Å². The van der Waals surface area contributed by atoms with Gasteiger partial charge >= 0.3 is 0 Å². The van der Waals surface area contributed by atoms with Gasteiger partial charge in [-0.2, -0.15) is 0 Å². The van der Waals surface area contributed by atoms with Gasteiger partial charge in [-0.15, -0.1) is 0 Å². The van der Waals surface area contributed by atoms with Crippen molar-refractivity contribution in [3.63, 3.8) is 0 Å². The van der Waals surface area contributed by atoms with Crippen LogP contribution in [-0.4, -0.2) is 22.4 Å². The van der Waals surface area contributed by atoms with Gasteiger partial charge in [0.15, 0.2) is 5.82 Å². The Balaban J connectivity index is 2.07. The summed E-state index contributed by atoms with van der Waals surface area (Å²) < 4.78 is 0. The zero-order valence-electron chi connectivity index (χ0n) is 11.4. The van der Waals surface area contributed by atoms with Crippen molar-refractivity contribution in [3.8, 4) is 11.4 Å². The molecule has 0 saturated carbocycles. The van der Waals surface area contributed by atoms with Crippen molar-refractivity contribution >= 4 is 11.6 Å². The van der Waals surface area contributed by atoms with Crippen molar-refractivity contribution in [1.29, 1.82) is 0 Å². The summed E-state index contributed by atoms with van der Waals surface area (Å²) in [6, 6.07) is 9.68. The number of anilines is 1. The van der Waals surface area contributed by atoms with E-state index in [1.807, 2.05) is 37.3 Å². The number of nitrogens with two attached hydrogens (primary N) is 1. The molecule has 1 unspecified atom stereocenters. The fraction of sp³-hybridized carbons (Fsp3) is 0.267. The number of benzene rings is 1. The number of hydrogen-bond donors (Lipinski definition) is 2. The van der Waals surface area contributed by atoms with Crippen LogP contribution in [-0.2, 0) is 4.79 Å². The molecule has 5 nitrogen and oxygen atoms in total. The number of hydrogen-bond acceptors (Lipinski definition) is 4. The first kappa shape index (κ1) is 14.1. The first-order valence-electron chi connectivity index (χ1n) is 6.63. The average Bonchev–Trinajstić information content (AvgIpc) is 2.50. The molecular weight excluding hydrogens is 252 g/mol. The first-order valence-corrected chi connectivity index (χ1v) is 6.63. The van der Waals surface area contributed by atoms with Crippen molar-refractivity contribution in [2.24, 2.45) is 11.7 Å². The summed E-state index contributed by atoms with van der Waals surface area (Å²) in [6.45, 7) is 2.28. The fourth-order valence-electron chi connectivity index (χ4n) is 1.83. The van der Waals surface area contributed by atoms with Crippen molar-refractivity contribution in [3.05, 3.63) is 42.7 Å². The van der Waals surface area contributed by atoms with E-state index < -0.39 is 0 Å². The van der Waals surface area contributed by atoms with Crippen LogP contribution in [0, 0.1) is 5.92 Å². The molecule has 0 fully saturated rings. The van der Waals surface area contributed by atoms with Crippen LogP contribution in [0.3, 0.4) is 0 Å². The molecule has 0 aliphatic rings. The van der Waals surface area contributed by atoms with E-state index in [4.69, 9.17) is 5.73 Å². The maximum absolute atomic E-state index is 11.9. The summed E-state index contributed by atoms with van der Waals surface area (Å²) >= 11 is 0. The molecule has 0 saturated heterocycles. The Labute approximate surface area is 118 Å². The van der Waals surface area contributed by atoms with Crippen molar-refractivity contribution in [2.75, 3.05) is 11.9 Å². The van der Waals surface area contributed by atoms with Crippen molar-refractivity contribution < 1.29 is 4.79 Å². The van der Waals surface area contributed by atoms with Gasteiger partial charge < -0.3 is 11.1 Å². The van der Waals surface area contributed by atoms with E-state index in [2.05, 4.69) is 15.3 Å². The Morgan fingerprint density at radius 2 is 1.90 bits per heavy atom. The largest absolute Gasteiger partial charge is 0.330 e. The predicted octanol–water partition coefficient (Wildman–Crippen LogP) is 2.07. The molecule has 2 aromatic rings. The number of carbonyl (C=O) groups is 1. The lowest BCUT2D eigenvalue weighted by molar-refractivity contribution is -0.119. The van der Waals surface area contributed by atoms with E-state index in [9.17, 15) is 4.79 Å². The standard InChI is InChI=1S/C15H18N4O/c1-2-11(8-16)15(20)19-13-9-17-14(18-10-13)12-6-4-3-5-7-12/h3-7,9-11H,2,8,16H2,1H3,(H,19,20). The van der Waals surface area contributed by atoms with Crippen LogP contribution in [0.1, 0.15) is 13.3 Å². The molecule has 20 heavy (non-hydrogen) atoms. The Hall–Kier alpha value is -2.27. The minimum Gasteiger partial charge on any atom is -0.330 e. The second kappa shape index (κ2) is 6.77. The predicted molar refractivity (Wildman–Crippen MR) is 78.9 cm³/mol. The molecular formula is C15H18N4O. The summed E-state index contributed by atoms with van der Waals surface area (Å²) in [5.41, 5.74) is 7.07. The minimum atomic E-state index is -0.177. The second-order valence-electron chi connectivity index (χ2n) is 4.49. The molecule has 0 bridgehead atoms. The lowest BCUT2D eigenvalue weighted by Gasteiger charge is -2.12. The van der Waals surface area contributed by atoms with Gasteiger partial charge in [-0.05, 0) is 6.42 Å². The quantitative estimate of drug-likeness (QED) is 0.871. The number of nitrogens with zero attached hydrogens (tertiary/aromatic N) is 2. The Morgan fingerprint density at radius 1 is 1.25 bits per heavy atom. The summed E-state index contributed by atoms with van der Waals surface area (Å²) in [7, 11) is 0. The van der Waals surface area contributed by atoms with E-state index >= 15 is 0 Å². The molecule has 1 amide bonds. The van der Waals surface area contributed by atoms with Crippen LogP contribution >= 0.6 is 0 Å². The van der Waals surface area contributed by atoms with Gasteiger partial charge in [0.05, 0.1) is 24.0 Å². The summed E-state index contributed by atoms with van der Waals surface area (Å²) in [6.07, 6.45) is 3.93. The molecule has 0 aliphatic heterocycles. The molecule has 3 N–H and O–H groups in total. The molecule has 104 valence electrons. The number of nitrogens with one attached hydrogen (secondary N) is 1. The van der Waals surface area contributed by atoms with Crippen LogP contribution in [0.4, 0.5) is 5.69 Å². The van der Waals surface area contributed by atoms with Crippen molar-refractivity contribution in [2.45, 2.75) is 13.3 Å². The van der Waals surface area contributed by atoms with Crippen LogP contribution < -0.4 is 11.1 Å². The van der Waals surface area contributed by atoms with Gasteiger partial charge in [0.2, 0.25) is 5.91 Å². The summed E-state index contributed by atoms with van der Waals surface area (Å²) in [5.74, 6) is 0.365. The molecule has 0 radical (unpaired) electrons. The highest BCUT2D eigenvalue weighted by Gasteiger charge is 2.14. The molecule has 2 rings (SSSR count). The third-order valence-corrected chi connectivity index (χ3v) is 3.10. The van der Waals surface area contributed by atoms with E-state index in [-0.39, 0.29) is 11.8 Å². The fourth-order valence-corrected chi connectivity index (χ4v) is 1.83. The van der Waals surface area contributed by atoms with Gasteiger partial charge in [0.25, 0.3) is 0 Å². The number of rotatable bonds is 5. The van der Waals surface area contributed by atoms with Gasteiger partial charge in [-0.25, -0.2) is 9.97 Å². The highest BCUT2D eigenvalue weighted by molar-refractivity contribution is 5.92. The normalized spacial score (nSPS) is 11.9. The van der Waals surface area contributed by atoms with E-state index in [1.54, 1.807) is 12.4 Å². The maximum Gasteiger partial charge on any atom is 0.228 e. The maximum atomic E-state index is 11.9. The van der Waals surface area contributed by atoms with Crippen molar-refractivity contribution in [1.82, 2.24) is 9.97 Å². The van der Waals surface area contributed by atoms with E-state index in [0.29, 0.717) is 24.5 Å². The van der Waals surface area contributed by atoms with E-state index in [0.717, 1.165) is 5.56 Å². The lowest BCUT2D eigenvalue weighted by atomic mass is 10.1. The molecule has 0 spiro atoms. The zero-order valence-corrected chi connectivity index (χ0v) is 11.4. The number of carbonyl (C=O) groups excluding carboxylic acids is 1. The first-order chi connectivity index (χ1) is 9.74. The van der Waals surface area contributed by atoms with Gasteiger partial charge in [0, 0.05) is 12.1 Å². The lowest BCUT2D eigenvalue weighted by Crippen LogP contribution is -2.28. The average molecular weight is 270 g/mol. The third kappa shape index (κ3) is 3.39. The molecule has 1 aromatic carbocycles. The Bertz CT molecular complexity index is 550. The van der Waals surface area contributed by atoms with Crippen LogP contribution in [0.25, 0.3) is 11.4 Å². The third-order valence-electron chi connectivity index (χ3n) is 3.10. The summed E-state index contributed by atoms with van der Waals surface area (Å²) in [4.78, 5) is 20.4. The SMILES string of the molecule is CCC(CN)C(=O)Nc1cnc(-c2ccccc2)nc1. The van der Waals surface area contributed by atoms with Crippen LogP contribution in [0.5, 0.6) is 0 Å². The summed E-state index contributed by atoms with van der Waals surface area (Å²) in [5, 5.41) is 2.78. The molecule has 1 heterocycles. The Morgan fingerprint density at radius 3 is 2.45 bits per heavy atom. The molecule has 5 heteroatoms. The van der Waals surface area contributed by atoms with Gasteiger partial charge in [0.1, 0.15) is 0 Å². The number of aromatic nitrogens is 2. The smallest absolute Gasteiger partial charge is 0.228 e. The molecule has 0 aliphatic carbocycles. The monoisotopic (exact) mass is 270 g/mol. The van der Waals surface area contributed by atoms with Crippen LogP contribution in [0.15, 0.2) is 42.7 Å². The molecule has 1 aromatic heterocycles. The molecule has 1 atom stereocenters. The zero-order chi connectivity index (χ0) is 14.4. The van der Waals surface area contributed by atoms with Gasteiger partial charge in [-0.1, -0.05) is 37.3 Å². The second-order valence-corrected chi connectivity index (χ2v) is 4.49. The number of amides is 1. The topological polar surface area (TPSA) is 80.9 Å². The Kier molecular flexibility index (Phi) is 4.79. The highest BCUT2D eigenvalue weighted by Crippen LogP contribution is 2.15. The van der Waals surface area contributed by atoms with E-state index in [1.165, 1.54) is 0 Å². The highest BCUT2D eigenvalue weighted by atomic mass is 16.1. The van der Waals surface area contributed by atoms with Crippen LogP contribution in [0.2, 0.25) is 0 Å².